The molecule has 0 saturated heterocycles. The van der Waals surface area contributed by atoms with Crippen molar-refractivity contribution in [3.63, 3.8) is 0 Å². The van der Waals surface area contributed by atoms with Crippen LogP contribution in [0.2, 0.25) is 0 Å². The van der Waals surface area contributed by atoms with Gasteiger partial charge in [0.25, 0.3) is 0 Å². The van der Waals surface area contributed by atoms with E-state index in [4.69, 9.17) is 5.73 Å². The van der Waals surface area contributed by atoms with Crippen LogP contribution in [-0.2, 0) is 7.05 Å². The molecule has 2 aromatic carbocycles. The van der Waals surface area contributed by atoms with Gasteiger partial charge in [0.15, 0.2) is 0 Å². The Labute approximate surface area is 145 Å². The first-order valence-corrected chi connectivity index (χ1v) is 7.87. The molecule has 0 aliphatic carbocycles. The number of anilines is 3. The normalized spacial score (nSPS) is 10.4. The fourth-order valence-corrected chi connectivity index (χ4v) is 2.48. The minimum atomic E-state index is -0.354. The van der Waals surface area contributed by atoms with Crippen molar-refractivity contribution in [2.24, 2.45) is 7.05 Å². The van der Waals surface area contributed by atoms with Gasteiger partial charge < -0.3 is 16.0 Å². The molecule has 0 radical (unpaired) electrons. The topological polar surface area (TPSA) is 71.7 Å². The number of nitrogen functional groups attached to an aromatic ring is 1. The fourth-order valence-electron chi connectivity index (χ4n) is 2.48. The van der Waals surface area contributed by atoms with Crippen LogP contribution >= 0.6 is 0 Å². The lowest BCUT2D eigenvalue weighted by Gasteiger charge is -2.06. The number of hydrogen-bond donors (Lipinski definition) is 3. The fraction of sp³-hybridized carbons (Fsp3) is 0.105. The average Bonchev–Trinajstić information content (AvgIpc) is 3.15. The van der Waals surface area contributed by atoms with Crippen LogP contribution in [0, 0.1) is 12.7 Å². The van der Waals surface area contributed by atoms with Crippen molar-refractivity contribution in [2.75, 3.05) is 11.1 Å². The monoisotopic (exact) mass is 337 g/mol. The van der Waals surface area contributed by atoms with Gasteiger partial charge in [0, 0.05) is 35.4 Å². The van der Waals surface area contributed by atoms with Crippen LogP contribution in [0.3, 0.4) is 0 Å². The van der Waals surface area contributed by atoms with Crippen LogP contribution in [0.4, 0.5) is 21.6 Å². The first-order chi connectivity index (χ1) is 12.0. The van der Waals surface area contributed by atoms with E-state index >= 15 is 0 Å². The van der Waals surface area contributed by atoms with E-state index in [1.165, 1.54) is 23.2 Å². The lowest BCUT2D eigenvalue weighted by atomic mass is 10.2. The summed E-state index contributed by atoms with van der Waals surface area (Å²) in [7, 11) is 1.92. The van der Waals surface area contributed by atoms with Crippen molar-refractivity contribution >= 4 is 28.1 Å². The van der Waals surface area contributed by atoms with Crippen LogP contribution in [0.15, 0.2) is 60.8 Å². The van der Waals surface area contributed by atoms with Crippen LogP contribution in [0.5, 0.6) is 0 Å². The predicted molar refractivity (Wildman–Crippen MR) is 100 cm³/mol. The van der Waals surface area contributed by atoms with E-state index in [1.54, 1.807) is 18.3 Å². The zero-order valence-electron chi connectivity index (χ0n) is 14.1. The number of aromatic amines is 1. The smallest absolute Gasteiger partial charge is 0.146 e. The number of aryl methyl sites for hydroxylation is 2. The van der Waals surface area contributed by atoms with Crippen molar-refractivity contribution in [3.8, 4) is 0 Å². The van der Waals surface area contributed by atoms with Gasteiger partial charge in [0.2, 0.25) is 0 Å². The Morgan fingerprint density at radius 1 is 1.12 bits per heavy atom. The number of nitrogens with zero attached hydrogens (tertiary/aromatic N) is 2. The molecular weight excluding hydrogens is 317 g/mol. The summed E-state index contributed by atoms with van der Waals surface area (Å²) in [5.41, 5.74) is 8.76. The predicted octanol–water partition coefficient (Wildman–Crippen LogP) is 4.36. The summed E-state index contributed by atoms with van der Waals surface area (Å²) in [6.07, 6.45) is 1.78. The van der Waals surface area contributed by atoms with Crippen LogP contribution in [0.1, 0.15) is 5.69 Å². The molecule has 4 aromatic rings. The van der Waals surface area contributed by atoms with E-state index in [-0.39, 0.29) is 11.5 Å². The zero-order valence-corrected chi connectivity index (χ0v) is 14.1. The van der Waals surface area contributed by atoms with Crippen molar-refractivity contribution in [2.45, 2.75) is 6.92 Å². The van der Waals surface area contributed by atoms with Gasteiger partial charge in [-0.3, -0.25) is 4.68 Å². The number of aromatic nitrogens is 3. The van der Waals surface area contributed by atoms with Crippen LogP contribution in [-0.4, -0.2) is 14.8 Å². The quantitative estimate of drug-likeness (QED) is 0.476. The number of hydrogen-bond acceptors (Lipinski definition) is 3. The SMILES string of the molecule is Cc1cc2cc(Nc3ccnn3C)ccc2[nH]1.Nc1ccccc1F. The third-order valence-electron chi connectivity index (χ3n) is 3.75. The molecule has 0 atom stereocenters. The Morgan fingerprint density at radius 2 is 1.92 bits per heavy atom. The summed E-state index contributed by atoms with van der Waals surface area (Å²) >= 11 is 0. The van der Waals surface area contributed by atoms with E-state index in [0.29, 0.717) is 0 Å². The summed E-state index contributed by atoms with van der Waals surface area (Å²) in [6, 6.07) is 16.5. The molecular formula is C19H20FN5. The number of nitrogens with two attached hydrogens (primary N) is 1. The first-order valence-electron chi connectivity index (χ1n) is 7.87. The molecule has 2 heterocycles. The average molecular weight is 337 g/mol. The van der Waals surface area contributed by atoms with E-state index in [9.17, 15) is 4.39 Å². The molecule has 2 aromatic heterocycles. The number of rotatable bonds is 2. The number of nitrogens with one attached hydrogen (secondary N) is 2. The van der Waals surface area contributed by atoms with E-state index < -0.39 is 0 Å². The molecule has 0 aliphatic rings. The van der Waals surface area contributed by atoms with Gasteiger partial charge >= 0.3 is 0 Å². The van der Waals surface area contributed by atoms with Gasteiger partial charge in [0.1, 0.15) is 11.6 Å². The number of benzene rings is 2. The second-order valence-electron chi connectivity index (χ2n) is 5.74. The van der Waals surface area contributed by atoms with Crippen molar-refractivity contribution < 1.29 is 4.39 Å². The van der Waals surface area contributed by atoms with Crippen molar-refractivity contribution in [1.29, 1.82) is 0 Å². The minimum absolute atomic E-state index is 0.201. The Kier molecular flexibility index (Phi) is 4.70. The zero-order chi connectivity index (χ0) is 17.8. The second kappa shape index (κ2) is 7.09. The van der Waals surface area contributed by atoms with Crippen LogP contribution in [0.25, 0.3) is 10.9 Å². The summed E-state index contributed by atoms with van der Waals surface area (Å²) < 4.78 is 14.0. The van der Waals surface area contributed by atoms with Crippen molar-refractivity contribution in [3.05, 3.63) is 72.3 Å². The minimum Gasteiger partial charge on any atom is -0.396 e. The molecule has 0 spiro atoms. The lowest BCUT2D eigenvalue weighted by Crippen LogP contribution is -1.98. The molecule has 0 aliphatic heterocycles. The third-order valence-corrected chi connectivity index (χ3v) is 3.75. The maximum atomic E-state index is 12.2. The summed E-state index contributed by atoms with van der Waals surface area (Å²) in [6.45, 7) is 2.06. The maximum Gasteiger partial charge on any atom is 0.146 e. The number of halogens is 1. The highest BCUT2D eigenvalue weighted by Gasteiger charge is 2.02. The molecule has 4 N–H and O–H groups in total. The molecule has 0 amide bonds. The molecule has 0 fully saturated rings. The molecule has 25 heavy (non-hydrogen) atoms. The van der Waals surface area contributed by atoms with E-state index in [2.05, 4.69) is 46.6 Å². The molecule has 0 unspecified atom stereocenters. The molecule has 6 heteroatoms. The summed E-state index contributed by atoms with van der Waals surface area (Å²) in [5, 5.41) is 8.68. The Morgan fingerprint density at radius 3 is 2.56 bits per heavy atom. The highest BCUT2D eigenvalue weighted by Crippen LogP contribution is 2.22. The molecule has 0 bridgehead atoms. The van der Waals surface area contributed by atoms with Crippen LogP contribution < -0.4 is 11.1 Å². The van der Waals surface area contributed by atoms with Gasteiger partial charge in [-0.05, 0) is 43.3 Å². The van der Waals surface area contributed by atoms with E-state index in [0.717, 1.165) is 17.0 Å². The first kappa shape index (κ1) is 16.6. The number of fused-ring (bicyclic) bond motifs is 1. The third kappa shape index (κ3) is 3.98. The van der Waals surface area contributed by atoms with Gasteiger partial charge in [-0.25, -0.2) is 4.39 Å². The molecule has 128 valence electrons. The highest BCUT2D eigenvalue weighted by molar-refractivity contribution is 5.84. The lowest BCUT2D eigenvalue weighted by molar-refractivity contribution is 0.632. The molecule has 5 nitrogen and oxygen atoms in total. The van der Waals surface area contributed by atoms with Gasteiger partial charge in [-0.15, -0.1) is 0 Å². The standard InChI is InChI=1S/C13H14N4.C6H6FN/c1-9-7-10-8-11(3-4-12(10)15-9)16-13-5-6-14-17(13)2;7-5-3-1-2-4-6(5)8/h3-8,15-16H,1-2H3;1-4H,8H2. The summed E-state index contributed by atoms with van der Waals surface area (Å²) in [5.74, 6) is 0.629. The molecule has 0 saturated carbocycles. The van der Waals surface area contributed by atoms with Gasteiger partial charge in [-0.1, -0.05) is 12.1 Å². The largest absolute Gasteiger partial charge is 0.396 e. The maximum absolute atomic E-state index is 12.2. The Bertz CT molecular complexity index is 965. The number of H-pyrrole nitrogens is 1. The van der Waals surface area contributed by atoms with Gasteiger partial charge in [-0.2, -0.15) is 5.10 Å². The highest BCUT2D eigenvalue weighted by atomic mass is 19.1. The van der Waals surface area contributed by atoms with E-state index in [1.807, 2.05) is 17.8 Å². The Balaban J connectivity index is 0.000000192. The Hall–Kier alpha value is -3.28. The van der Waals surface area contributed by atoms with Gasteiger partial charge in [0.05, 0.1) is 11.9 Å². The van der Waals surface area contributed by atoms with Crippen molar-refractivity contribution in [1.82, 2.24) is 14.8 Å². The molecule has 4 rings (SSSR count). The second-order valence-corrected chi connectivity index (χ2v) is 5.74. The number of para-hydroxylation sites is 1. The summed E-state index contributed by atoms with van der Waals surface area (Å²) in [4.78, 5) is 3.31.